The molecule has 0 fully saturated rings. The summed E-state index contributed by atoms with van der Waals surface area (Å²) in [6.45, 7) is 4.64. The molecule has 1 aromatic carbocycles. The second-order valence-corrected chi connectivity index (χ2v) is 6.78. The summed E-state index contributed by atoms with van der Waals surface area (Å²) in [6.07, 6.45) is 0.741. The number of anilines is 1. The minimum absolute atomic E-state index is 0.268. The Kier molecular flexibility index (Phi) is 5.30. The second kappa shape index (κ2) is 6.81. The number of halogens is 2. The molecule has 0 amide bonds. The van der Waals surface area contributed by atoms with Crippen LogP contribution in [-0.4, -0.2) is 14.0 Å². The smallest absolute Gasteiger partial charge is 0.0859 e. The van der Waals surface area contributed by atoms with Crippen LogP contribution >= 0.6 is 23.2 Å². The van der Waals surface area contributed by atoms with E-state index in [1.54, 1.807) is 22.9 Å². The van der Waals surface area contributed by atoms with Crippen LogP contribution in [0.1, 0.15) is 25.2 Å². The zero-order valence-corrected chi connectivity index (χ0v) is 14.2. The highest BCUT2D eigenvalue weighted by Crippen LogP contribution is 2.27. The minimum atomic E-state index is -1.32. The van der Waals surface area contributed by atoms with Crippen molar-refractivity contribution in [2.24, 2.45) is 0 Å². The van der Waals surface area contributed by atoms with E-state index in [1.807, 2.05) is 13.8 Å². The van der Waals surface area contributed by atoms with E-state index in [-0.39, 0.29) is 5.75 Å². The highest BCUT2D eigenvalue weighted by atomic mass is 35.5. The Bertz CT molecular complexity index is 685. The molecule has 1 aromatic heterocycles. The third-order valence-corrected chi connectivity index (χ3v) is 5.23. The number of aromatic nitrogens is 2. The average molecular weight is 346 g/mol. The molecule has 2 rings (SSSR count). The van der Waals surface area contributed by atoms with Gasteiger partial charge >= 0.3 is 0 Å². The van der Waals surface area contributed by atoms with Crippen molar-refractivity contribution in [3.63, 3.8) is 0 Å². The summed E-state index contributed by atoms with van der Waals surface area (Å²) in [7, 11) is -1.32. The maximum absolute atomic E-state index is 12.6. The first-order chi connectivity index (χ1) is 9.97. The Hall–Kier alpha value is -1.04. The van der Waals surface area contributed by atoms with Crippen LogP contribution in [0.4, 0.5) is 5.69 Å². The summed E-state index contributed by atoms with van der Waals surface area (Å²) in [4.78, 5) is 0.528. The van der Waals surface area contributed by atoms with Crippen LogP contribution in [0.5, 0.6) is 0 Å². The molecule has 0 aliphatic carbocycles. The molecular formula is C14H17Cl2N3OS. The van der Waals surface area contributed by atoms with E-state index >= 15 is 0 Å². The number of nitrogen functional groups attached to an aromatic ring is 1. The molecule has 2 aromatic rings. The lowest BCUT2D eigenvalue weighted by Crippen LogP contribution is -2.07. The fourth-order valence-corrected chi connectivity index (χ4v) is 4.00. The standard InChI is InChI=1S/C14H17Cl2N3OS/c1-3-11-14(16)12(19(4-2)18-11)8-21(20)13-7-9(15)5-6-10(13)17/h5-7H,3-4,8,17H2,1-2H3. The molecule has 21 heavy (non-hydrogen) atoms. The zero-order valence-electron chi connectivity index (χ0n) is 11.9. The molecule has 0 saturated carbocycles. The van der Waals surface area contributed by atoms with E-state index < -0.39 is 10.8 Å². The first-order valence-electron chi connectivity index (χ1n) is 6.65. The van der Waals surface area contributed by atoms with Gasteiger partial charge < -0.3 is 5.73 Å². The molecule has 1 atom stereocenters. The topological polar surface area (TPSA) is 60.9 Å². The molecule has 7 heteroatoms. The lowest BCUT2D eigenvalue weighted by atomic mass is 10.3. The van der Waals surface area contributed by atoms with Gasteiger partial charge in [0, 0.05) is 17.3 Å². The van der Waals surface area contributed by atoms with Crippen LogP contribution in [0, 0.1) is 0 Å². The molecule has 4 nitrogen and oxygen atoms in total. The fourth-order valence-electron chi connectivity index (χ4n) is 2.06. The highest BCUT2D eigenvalue weighted by Gasteiger charge is 2.18. The van der Waals surface area contributed by atoms with Gasteiger partial charge in [0.1, 0.15) is 0 Å². The van der Waals surface area contributed by atoms with Gasteiger partial charge in [0.2, 0.25) is 0 Å². The maximum Gasteiger partial charge on any atom is 0.0859 e. The van der Waals surface area contributed by atoms with Crippen molar-refractivity contribution in [2.45, 2.75) is 37.5 Å². The maximum atomic E-state index is 12.6. The summed E-state index contributed by atoms with van der Waals surface area (Å²) in [5, 5.41) is 5.53. The Morgan fingerprint density at radius 2 is 2.05 bits per heavy atom. The quantitative estimate of drug-likeness (QED) is 0.841. The van der Waals surface area contributed by atoms with E-state index in [2.05, 4.69) is 5.10 Å². The second-order valence-electron chi connectivity index (χ2n) is 4.55. The molecule has 0 aliphatic heterocycles. The molecule has 0 bridgehead atoms. The van der Waals surface area contributed by atoms with Gasteiger partial charge in [-0.3, -0.25) is 8.89 Å². The van der Waals surface area contributed by atoms with Crippen LogP contribution in [0.3, 0.4) is 0 Å². The van der Waals surface area contributed by atoms with E-state index in [0.717, 1.165) is 17.8 Å². The molecule has 0 aliphatic rings. The Morgan fingerprint density at radius 3 is 2.67 bits per heavy atom. The van der Waals surface area contributed by atoms with Crippen molar-refractivity contribution in [1.82, 2.24) is 9.78 Å². The van der Waals surface area contributed by atoms with Crippen LogP contribution in [0.25, 0.3) is 0 Å². The van der Waals surface area contributed by atoms with Crippen molar-refractivity contribution < 1.29 is 4.21 Å². The van der Waals surface area contributed by atoms with Gasteiger partial charge in [-0.15, -0.1) is 0 Å². The molecule has 0 spiro atoms. The summed E-state index contributed by atoms with van der Waals surface area (Å²) >= 11 is 12.3. The zero-order chi connectivity index (χ0) is 15.6. The SMILES string of the molecule is CCc1nn(CC)c(CS(=O)c2cc(Cl)ccc2N)c1Cl. The largest absolute Gasteiger partial charge is 0.398 e. The van der Waals surface area contributed by atoms with Crippen molar-refractivity contribution in [3.05, 3.63) is 39.6 Å². The molecule has 1 unspecified atom stereocenters. The summed E-state index contributed by atoms with van der Waals surface area (Å²) < 4.78 is 14.4. The lowest BCUT2D eigenvalue weighted by molar-refractivity contribution is 0.623. The summed E-state index contributed by atoms with van der Waals surface area (Å²) in [5.41, 5.74) is 7.94. The summed E-state index contributed by atoms with van der Waals surface area (Å²) in [5.74, 6) is 0.268. The number of aryl methyl sites for hydroxylation is 2. The van der Waals surface area contributed by atoms with Crippen molar-refractivity contribution >= 4 is 39.7 Å². The first kappa shape index (κ1) is 16.3. The van der Waals surface area contributed by atoms with Crippen LogP contribution < -0.4 is 5.73 Å². The van der Waals surface area contributed by atoms with E-state index in [1.165, 1.54) is 0 Å². The van der Waals surface area contributed by atoms with Gasteiger partial charge in [0.05, 0.1) is 37.9 Å². The number of rotatable bonds is 5. The molecule has 0 saturated heterocycles. The van der Waals surface area contributed by atoms with Crippen LogP contribution in [0.2, 0.25) is 10.0 Å². The lowest BCUT2D eigenvalue weighted by Gasteiger charge is -2.08. The Labute approximate surface area is 136 Å². The molecule has 2 N–H and O–H groups in total. The Morgan fingerprint density at radius 1 is 1.33 bits per heavy atom. The first-order valence-corrected chi connectivity index (χ1v) is 8.72. The number of hydrogen-bond acceptors (Lipinski definition) is 3. The number of benzene rings is 1. The molecule has 1 heterocycles. The van der Waals surface area contributed by atoms with E-state index in [0.29, 0.717) is 27.2 Å². The van der Waals surface area contributed by atoms with Gasteiger partial charge in [-0.25, -0.2) is 0 Å². The van der Waals surface area contributed by atoms with Crippen LogP contribution in [-0.2, 0) is 29.5 Å². The van der Waals surface area contributed by atoms with E-state index in [4.69, 9.17) is 28.9 Å². The van der Waals surface area contributed by atoms with Crippen molar-refractivity contribution in [3.8, 4) is 0 Å². The third kappa shape index (κ3) is 3.42. The highest BCUT2D eigenvalue weighted by molar-refractivity contribution is 7.84. The number of hydrogen-bond donors (Lipinski definition) is 1. The van der Waals surface area contributed by atoms with Crippen molar-refractivity contribution in [2.75, 3.05) is 5.73 Å². The van der Waals surface area contributed by atoms with Gasteiger partial charge in [0.15, 0.2) is 0 Å². The fraction of sp³-hybridized carbons (Fsp3) is 0.357. The van der Waals surface area contributed by atoms with Gasteiger partial charge in [-0.1, -0.05) is 30.1 Å². The van der Waals surface area contributed by atoms with E-state index in [9.17, 15) is 4.21 Å². The molecule has 0 radical (unpaired) electrons. The predicted molar refractivity (Wildman–Crippen MR) is 88.3 cm³/mol. The minimum Gasteiger partial charge on any atom is -0.398 e. The normalized spacial score (nSPS) is 12.6. The van der Waals surface area contributed by atoms with Gasteiger partial charge in [-0.2, -0.15) is 5.10 Å². The Balaban J connectivity index is 2.35. The third-order valence-electron chi connectivity index (χ3n) is 3.18. The average Bonchev–Trinajstić information content (AvgIpc) is 2.77. The monoisotopic (exact) mass is 345 g/mol. The van der Waals surface area contributed by atoms with Crippen LogP contribution in [0.15, 0.2) is 23.1 Å². The predicted octanol–water partition coefficient (Wildman–Crippen LogP) is 3.66. The number of nitrogens with two attached hydrogens (primary N) is 1. The van der Waals surface area contributed by atoms with Gasteiger partial charge in [-0.05, 0) is 31.5 Å². The van der Waals surface area contributed by atoms with Gasteiger partial charge in [0.25, 0.3) is 0 Å². The molecular weight excluding hydrogens is 329 g/mol. The molecule has 114 valence electrons. The van der Waals surface area contributed by atoms with Crippen molar-refractivity contribution in [1.29, 1.82) is 0 Å². The summed E-state index contributed by atoms with van der Waals surface area (Å²) in [6, 6.07) is 4.97. The number of nitrogens with zero attached hydrogens (tertiary/aromatic N) is 2.